The normalized spacial score (nSPS) is 19.9. The van der Waals surface area contributed by atoms with Gasteiger partial charge in [-0.2, -0.15) is 0 Å². The Balaban J connectivity index is 2.30. The van der Waals surface area contributed by atoms with E-state index >= 15 is 0 Å². The van der Waals surface area contributed by atoms with Crippen molar-refractivity contribution in [2.75, 3.05) is 0 Å². The summed E-state index contributed by atoms with van der Waals surface area (Å²) in [6.45, 7) is -0.106. The topological polar surface area (TPSA) is 66.2 Å². The molecule has 76 valence electrons. The zero-order valence-corrected chi connectivity index (χ0v) is 7.98. The Hall–Kier alpha value is -1.00. The van der Waals surface area contributed by atoms with Crippen molar-refractivity contribution in [3.63, 3.8) is 0 Å². The van der Waals surface area contributed by atoms with Crippen LogP contribution in [0.5, 0.6) is 0 Å². The van der Waals surface area contributed by atoms with E-state index in [1.54, 1.807) is 12.3 Å². The molecule has 4 nitrogen and oxygen atoms in total. The lowest BCUT2D eigenvalue weighted by atomic mass is 10.0. The summed E-state index contributed by atoms with van der Waals surface area (Å²) in [6.07, 6.45) is 5.07. The van der Waals surface area contributed by atoms with Gasteiger partial charge >= 0.3 is 0 Å². The van der Waals surface area contributed by atoms with Crippen LogP contribution in [0.25, 0.3) is 0 Å². The Morgan fingerprint density at radius 1 is 1.36 bits per heavy atom. The Morgan fingerprint density at radius 2 is 2.07 bits per heavy atom. The molecule has 2 rings (SSSR count). The van der Waals surface area contributed by atoms with E-state index in [1.807, 2.05) is 0 Å². The minimum absolute atomic E-state index is 0.106. The third kappa shape index (κ3) is 1.63. The zero-order chi connectivity index (χ0) is 10.0. The molecule has 0 amide bonds. The van der Waals surface area contributed by atoms with Crippen LogP contribution < -0.4 is 0 Å². The van der Waals surface area contributed by atoms with Crippen molar-refractivity contribution in [3.05, 3.63) is 23.8 Å². The van der Waals surface area contributed by atoms with Crippen molar-refractivity contribution in [3.8, 4) is 0 Å². The standard InChI is InChI=1S/C10H14N2O2/c13-7-8-3-6-11-9(12-8)10(14)4-1-2-5-10/h3,6,13-14H,1-2,4-5,7H2. The summed E-state index contributed by atoms with van der Waals surface area (Å²) in [5, 5.41) is 19.1. The highest BCUT2D eigenvalue weighted by Gasteiger charge is 2.35. The van der Waals surface area contributed by atoms with Gasteiger partial charge < -0.3 is 10.2 Å². The lowest BCUT2D eigenvalue weighted by Crippen LogP contribution is -2.24. The lowest BCUT2D eigenvalue weighted by molar-refractivity contribution is 0.0345. The lowest BCUT2D eigenvalue weighted by Gasteiger charge is -2.20. The largest absolute Gasteiger partial charge is 0.390 e. The van der Waals surface area contributed by atoms with Gasteiger partial charge in [-0.05, 0) is 31.7 Å². The van der Waals surface area contributed by atoms with Crippen molar-refractivity contribution in [1.29, 1.82) is 0 Å². The second-order valence-electron chi connectivity index (χ2n) is 3.77. The molecular weight excluding hydrogens is 180 g/mol. The summed E-state index contributed by atoms with van der Waals surface area (Å²) in [7, 11) is 0. The van der Waals surface area contributed by atoms with Crippen LogP contribution in [0.1, 0.15) is 37.2 Å². The fourth-order valence-corrected chi connectivity index (χ4v) is 1.89. The smallest absolute Gasteiger partial charge is 0.160 e. The molecule has 0 aliphatic heterocycles. The highest BCUT2D eigenvalue weighted by Crippen LogP contribution is 2.36. The average molecular weight is 194 g/mol. The molecule has 1 aliphatic carbocycles. The first-order valence-corrected chi connectivity index (χ1v) is 4.90. The molecule has 4 heteroatoms. The third-order valence-corrected chi connectivity index (χ3v) is 2.72. The van der Waals surface area contributed by atoms with E-state index in [-0.39, 0.29) is 6.61 Å². The highest BCUT2D eigenvalue weighted by molar-refractivity contribution is 5.09. The minimum atomic E-state index is -0.856. The Morgan fingerprint density at radius 3 is 2.71 bits per heavy atom. The average Bonchev–Trinajstić information content (AvgIpc) is 2.67. The first-order valence-electron chi connectivity index (χ1n) is 4.90. The van der Waals surface area contributed by atoms with Gasteiger partial charge in [0.1, 0.15) is 5.60 Å². The predicted octanol–water partition coefficient (Wildman–Crippen LogP) is 0.730. The van der Waals surface area contributed by atoms with Gasteiger partial charge in [0.2, 0.25) is 0 Å². The van der Waals surface area contributed by atoms with Crippen LogP contribution in [0.3, 0.4) is 0 Å². The molecular formula is C10H14N2O2. The molecule has 1 heterocycles. The van der Waals surface area contributed by atoms with Crippen molar-refractivity contribution >= 4 is 0 Å². The number of hydrogen-bond donors (Lipinski definition) is 2. The van der Waals surface area contributed by atoms with Crippen LogP contribution in [-0.4, -0.2) is 20.2 Å². The molecule has 1 saturated carbocycles. The molecule has 1 fully saturated rings. The van der Waals surface area contributed by atoms with E-state index in [1.165, 1.54) is 0 Å². The number of nitrogens with zero attached hydrogens (tertiary/aromatic N) is 2. The SMILES string of the molecule is OCc1ccnc(C2(O)CCCC2)n1. The molecule has 0 radical (unpaired) electrons. The van der Waals surface area contributed by atoms with Gasteiger partial charge in [0.15, 0.2) is 5.82 Å². The van der Waals surface area contributed by atoms with Crippen LogP contribution in [0.4, 0.5) is 0 Å². The van der Waals surface area contributed by atoms with Gasteiger partial charge in [0, 0.05) is 6.20 Å². The van der Waals surface area contributed by atoms with Crippen LogP contribution >= 0.6 is 0 Å². The number of hydrogen-bond acceptors (Lipinski definition) is 4. The number of rotatable bonds is 2. The van der Waals surface area contributed by atoms with Crippen molar-refractivity contribution in [2.24, 2.45) is 0 Å². The van der Waals surface area contributed by atoms with Crippen molar-refractivity contribution < 1.29 is 10.2 Å². The number of aromatic nitrogens is 2. The monoisotopic (exact) mass is 194 g/mol. The fourth-order valence-electron chi connectivity index (χ4n) is 1.89. The highest BCUT2D eigenvalue weighted by atomic mass is 16.3. The van der Waals surface area contributed by atoms with Gasteiger partial charge in [0.05, 0.1) is 12.3 Å². The summed E-state index contributed by atoms with van der Waals surface area (Å²) in [6, 6.07) is 1.65. The maximum Gasteiger partial charge on any atom is 0.160 e. The summed E-state index contributed by atoms with van der Waals surface area (Å²) >= 11 is 0. The van der Waals surface area contributed by atoms with E-state index < -0.39 is 5.60 Å². The van der Waals surface area contributed by atoms with E-state index in [0.717, 1.165) is 25.7 Å². The van der Waals surface area contributed by atoms with E-state index in [2.05, 4.69) is 9.97 Å². The van der Waals surface area contributed by atoms with Crippen molar-refractivity contribution in [2.45, 2.75) is 37.9 Å². The fraction of sp³-hybridized carbons (Fsp3) is 0.600. The molecule has 0 atom stereocenters. The van der Waals surface area contributed by atoms with E-state index in [0.29, 0.717) is 11.5 Å². The second-order valence-corrected chi connectivity index (χ2v) is 3.77. The maximum absolute atomic E-state index is 10.2. The van der Waals surface area contributed by atoms with Crippen molar-refractivity contribution in [1.82, 2.24) is 9.97 Å². The number of aliphatic hydroxyl groups is 2. The van der Waals surface area contributed by atoms with Gasteiger partial charge in [0.25, 0.3) is 0 Å². The van der Waals surface area contributed by atoms with Gasteiger partial charge in [-0.1, -0.05) is 0 Å². The zero-order valence-electron chi connectivity index (χ0n) is 7.98. The van der Waals surface area contributed by atoms with Crippen LogP contribution in [-0.2, 0) is 12.2 Å². The van der Waals surface area contributed by atoms with E-state index in [4.69, 9.17) is 5.11 Å². The molecule has 1 aromatic heterocycles. The molecule has 1 aliphatic rings. The minimum Gasteiger partial charge on any atom is -0.390 e. The maximum atomic E-state index is 10.2. The van der Waals surface area contributed by atoms with Gasteiger partial charge in [-0.3, -0.25) is 0 Å². The predicted molar refractivity (Wildman–Crippen MR) is 50.3 cm³/mol. The summed E-state index contributed by atoms with van der Waals surface area (Å²) in [5.74, 6) is 0.460. The van der Waals surface area contributed by atoms with Gasteiger partial charge in [-0.15, -0.1) is 0 Å². The third-order valence-electron chi connectivity index (χ3n) is 2.72. The summed E-state index contributed by atoms with van der Waals surface area (Å²) in [4.78, 5) is 8.20. The summed E-state index contributed by atoms with van der Waals surface area (Å²) < 4.78 is 0. The second kappa shape index (κ2) is 3.63. The first kappa shape index (κ1) is 9.55. The molecule has 2 N–H and O–H groups in total. The number of aliphatic hydroxyl groups excluding tert-OH is 1. The molecule has 0 saturated heterocycles. The Labute approximate surface area is 82.6 Å². The van der Waals surface area contributed by atoms with Crippen LogP contribution in [0.2, 0.25) is 0 Å². The molecule has 0 unspecified atom stereocenters. The summed E-state index contributed by atoms with van der Waals surface area (Å²) in [5.41, 5.74) is -0.291. The Kier molecular flexibility index (Phi) is 2.48. The van der Waals surface area contributed by atoms with E-state index in [9.17, 15) is 5.11 Å². The molecule has 0 spiro atoms. The van der Waals surface area contributed by atoms with Gasteiger partial charge in [-0.25, -0.2) is 9.97 Å². The molecule has 0 aromatic carbocycles. The molecule has 14 heavy (non-hydrogen) atoms. The Bertz CT molecular complexity index is 322. The first-order chi connectivity index (χ1) is 6.74. The van der Waals surface area contributed by atoms with Crippen LogP contribution in [0.15, 0.2) is 12.3 Å². The van der Waals surface area contributed by atoms with Crippen LogP contribution in [0, 0.1) is 0 Å². The quantitative estimate of drug-likeness (QED) is 0.728. The molecule has 1 aromatic rings. The molecule has 0 bridgehead atoms.